The van der Waals surface area contributed by atoms with Crippen LogP contribution in [0.5, 0.6) is 0 Å². The van der Waals surface area contributed by atoms with Crippen LogP contribution in [0.25, 0.3) is 0 Å². The Hall–Kier alpha value is -2.72. The molecule has 0 saturated carbocycles. The molecule has 3 heterocycles. The van der Waals surface area contributed by atoms with Crippen molar-refractivity contribution in [3.63, 3.8) is 0 Å². The third-order valence-corrected chi connectivity index (χ3v) is 6.88. The number of carbonyl (C=O) groups is 3. The van der Waals surface area contributed by atoms with Gasteiger partial charge in [0, 0.05) is 21.8 Å². The van der Waals surface area contributed by atoms with Crippen molar-refractivity contribution < 1.29 is 19.5 Å². The number of rotatable bonds is 6. The summed E-state index contributed by atoms with van der Waals surface area (Å²) in [5, 5.41) is 18.5. The Morgan fingerprint density at radius 3 is 2.82 bits per heavy atom. The van der Waals surface area contributed by atoms with E-state index in [0.717, 1.165) is 10.5 Å². The Bertz CT molecular complexity index is 946. The van der Waals surface area contributed by atoms with Crippen LogP contribution in [0.4, 0.5) is 0 Å². The number of H-pyrrole nitrogens is 1. The summed E-state index contributed by atoms with van der Waals surface area (Å²) in [6.45, 7) is 0. The number of carboxylic acid groups (broad SMARTS) is 1. The average Bonchev–Trinajstić information content (AvgIpc) is 3.19. The van der Waals surface area contributed by atoms with Gasteiger partial charge in [0.2, 0.25) is 5.91 Å². The molecule has 10 heteroatoms. The highest BCUT2D eigenvalue weighted by molar-refractivity contribution is 8.06. The first-order chi connectivity index (χ1) is 13.5. The second-order valence-electron chi connectivity index (χ2n) is 6.23. The van der Waals surface area contributed by atoms with E-state index < -0.39 is 23.3 Å². The van der Waals surface area contributed by atoms with Crippen LogP contribution in [0.2, 0.25) is 0 Å². The predicted molar refractivity (Wildman–Crippen MR) is 104 cm³/mol. The van der Waals surface area contributed by atoms with E-state index >= 15 is 0 Å². The SMILES string of the molecule is O=C(Cc1ccccc1)N[C@@H]1C(=O)N2C(C(=O)O)=C(Sc3cn[nH]c3)CS[C@@H]12. The van der Waals surface area contributed by atoms with Crippen LogP contribution >= 0.6 is 23.5 Å². The summed E-state index contributed by atoms with van der Waals surface area (Å²) in [7, 11) is 0. The highest BCUT2D eigenvalue weighted by atomic mass is 32.2. The fourth-order valence-corrected chi connectivity index (χ4v) is 5.53. The number of aliphatic carboxylic acids is 1. The number of carboxylic acids is 1. The van der Waals surface area contributed by atoms with Crippen molar-refractivity contribution >= 4 is 41.3 Å². The molecule has 0 unspecified atom stereocenters. The van der Waals surface area contributed by atoms with Gasteiger partial charge in [-0.3, -0.25) is 19.6 Å². The number of nitrogens with one attached hydrogen (secondary N) is 2. The number of β-lactam (4-membered cyclic amide) rings is 1. The van der Waals surface area contributed by atoms with Crippen molar-refractivity contribution in [2.45, 2.75) is 22.7 Å². The Labute approximate surface area is 168 Å². The molecule has 1 aromatic carbocycles. The van der Waals surface area contributed by atoms with Crippen LogP contribution in [0.1, 0.15) is 5.56 Å². The first-order valence-electron chi connectivity index (χ1n) is 8.45. The van der Waals surface area contributed by atoms with Crippen molar-refractivity contribution in [2.75, 3.05) is 5.75 Å². The summed E-state index contributed by atoms with van der Waals surface area (Å²) in [5.74, 6) is -1.37. The molecule has 0 bridgehead atoms. The van der Waals surface area contributed by atoms with Crippen LogP contribution in [-0.2, 0) is 20.8 Å². The maximum absolute atomic E-state index is 12.6. The maximum Gasteiger partial charge on any atom is 0.353 e. The van der Waals surface area contributed by atoms with Gasteiger partial charge in [0.1, 0.15) is 17.1 Å². The van der Waals surface area contributed by atoms with Crippen LogP contribution in [0, 0.1) is 0 Å². The van der Waals surface area contributed by atoms with Crippen molar-refractivity contribution in [1.29, 1.82) is 0 Å². The fraction of sp³-hybridized carbons (Fsp3) is 0.222. The van der Waals surface area contributed by atoms with Gasteiger partial charge in [-0.2, -0.15) is 5.10 Å². The van der Waals surface area contributed by atoms with Gasteiger partial charge in [-0.25, -0.2) is 4.79 Å². The van der Waals surface area contributed by atoms with Crippen molar-refractivity contribution in [3.8, 4) is 0 Å². The average molecular weight is 416 g/mol. The summed E-state index contributed by atoms with van der Waals surface area (Å²) in [4.78, 5) is 39.3. The molecule has 0 spiro atoms. The number of hydrogen-bond acceptors (Lipinski definition) is 6. The molecule has 2 atom stereocenters. The van der Waals surface area contributed by atoms with E-state index in [2.05, 4.69) is 15.5 Å². The van der Waals surface area contributed by atoms with E-state index in [9.17, 15) is 19.5 Å². The zero-order valence-electron chi connectivity index (χ0n) is 14.5. The Balaban J connectivity index is 1.47. The molecular formula is C18H16N4O4S2. The monoisotopic (exact) mass is 416 g/mol. The number of carbonyl (C=O) groups excluding carboxylic acids is 2. The van der Waals surface area contributed by atoms with Crippen molar-refractivity contribution in [2.24, 2.45) is 0 Å². The van der Waals surface area contributed by atoms with E-state index in [1.165, 1.54) is 28.4 Å². The van der Waals surface area contributed by atoms with Crippen LogP contribution in [0.15, 0.2) is 58.2 Å². The summed E-state index contributed by atoms with van der Waals surface area (Å²) < 4.78 is 0. The molecule has 2 amide bonds. The topological polar surface area (TPSA) is 115 Å². The second kappa shape index (κ2) is 7.72. The molecule has 3 N–H and O–H groups in total. The molecule has 28 heavy (non-hydrogen) atoms. The lowest BCUT2D eigenvalue weighted by molar-refractivity contribution is -0.150. The van der Waals surface area contributed by atoms with Gasteiger partial charge >= 0.3 is 5.97 Å². The van der Waals surface area contributed by atoms with Gasteiger partial charge in [-0.1, -0.05) is 42.1 Å². The van der Waals surface area contributed by atoms with E-state index in [-0.39, 0.29) is 18.0 Å². The molecule has 8 nitrogen and oxygen atoms in total. The summed E-state index contributed by atoms with van der Waals surface area (Å²) in [6.07, 6.45) is 3.43. The molecule has 4 rings (SSSR count). The van der Waals surface area contributed by atoms with Gasteiger partial charge in [0.15, 0.2) is 0 Å². The highest BCUT2D eigenvalue weighted by Crippen LogP contribution is 2.44. The third-order valence-electron chi connectivity index (χ3n) is 4.37. The standard InChI is InChI=1S/C18H16N4O4S2/c23-13(6-10-4-2-1-3-5-10)21-14-16(24)22-15(18(25)26)12(9-27-17(14)22)28-11-7-19-20-8-11/h1-5,7-8,14,17H,6,9H2,(H,19,20)(H,21,23)(H,25,26)/t14-,17+/m1/s1. The van der Waals surface area contributed by atoms with E-state index in [1.807, 2.05) is 30.3 Å². The minimum Gasteiger partial charge on any atom is -0.477 e. The molecule has 1 fully saturated rings. The largest absolute Gasteiger partial charge is 0.477 e. The van der Waals surface area contributed by atoms with Crippen LogP contribution in [0.3, 0.4) is 0 Å². The van der Waals surface area contributed by atoms with Gasteiger partial charge < -0.3 is 10.4 Å². The number of amides is 2. The first kappa shape index (κ1) is 18.6. The molecule has 2 aliphatic heterocycles. The lowest BCUT2D eigenvalue weighted by atomic mass is 10.0. The Kier molecular flexibility index (Phi) is 5.14. The maximum atomic E-state index is 12.6. The van der Waals surface area contributed by atoms with Crippen LogP contribution in [-0.4, -0.2) is 55.2 Å². The number of fused-ring (bicyclic) bond motifs is 1. The van der Waals surface area contributed by atoms with E-state index in [1.54, 1.807) is 12.4 Å². The molecule has 0 radical (unpaired) electrons. The Morgan fingerprint density at radius 1 is 1.36 bits per heavy atom. The van der Waals surface area contributed by atoms with Gasteiger partial charge in [0.25, 0.3) is 5.91 Å². The first-order valence-corrected chi connectivity index (χ1v) is 10.3. The zero-order valence-corrected chi connectivity index (χ0v) is 16.1. The van der Waals surface area contributed by atoms with Crippen molar-refractivity contribution in [3.05, 3.63) is 58.9 Å². The minimum absolute atomic E-state index is 0.0199. The number of benzene rings is 1. The number of aromatic amines is 1. The minimum atomic E-state index is -1.15. The fourth-order valence-electron chi connectivity index (χ4n) is 3.11. The molecule has 1 saturated heterocycles. The van der Waals surface area contributed by atoms with E-state index in [4.69, 9.17) is 0 Å². The molecule has 0 aliphatic carbocycles. The van der Waals surface area contributed by atoms with Gasteiger partial charge in [-0.05, 0) is 5.56 Å². The summed E-state index contributed by atoms with van der Waals surface area (Å²) >= 11 is 2.71. The molecular weight excluding hydrogens is 400 g/mol. The quantitative estimate of drug-likeness (QED) is 0.610. The summed E-state index contributed by atoms with van der Waals surface area (Å²) in [6, 6.07) is 8.53. The molecule has 2 aliphatic rings. The summed E-state index contributed by atoms with van der Waals surface area (Å²) in [5.41, 5.74) is 0.832. The van der Waals surface area contributed by atoms with Crippen LogP contribution < -0.4 is 5.32 Å². The smallest absolute Gasteiger partial charge is 0.353 e. The zero-order chi connectivity index (χ0) is 19.7. The second-order valence-corrected chi connectivity index (χ2v) is 8.50. The predicted octanol–water partition coefficient (Wildman–Crippen LogP) is 1.44. The number of nitrogens with zero attached hydrogens (tertiary/aromatic N) is 2. The van der Waals surface area contributed by atoms with Gasteiger partial charge in [0.05, 0.1) is 12.6 Å². The third kappa shape index (κ3) is 3.52. The number of aromatic nitrogens is 2. The van der Waals surface area contributed by atoms with Gasteiger partial charge in [-0.15, -0.1) is 11.8 Å². The molecule has 1 aromatic heterocycles. The highest BCUT2D eigenvalue weighted by Gasteiger charge is 2.54. The number of thioether (sulfide) groups is 2. The molecule has 2 aromatic rings. The normalized spacial score (nSPS) is 21.1. The lowest BCUT2D eigenvalue weighted by Crippen LogP contribution is -2.70. The Morgan fingerprint density at radius 2 is 2.14 bits per heavy atom. The van der Waals surface area contributed by atoms with E-state index in [0.29, 0.717) is 10.7 Å². The lowest BCUT2D eigenvalue weighted by Gasteiger charge is -2.49. The molecule has 144 valence electrons. The van der Waals surface area contributed by atoms with Crippen molar-refractivity contribution in [1.82, 2.24) is 20.4 Å². The number of hydrogen-bond donors (Lipinski definition) is 3.